The molecule has 1 saturated heterocycles. The van der Waals surface area contributed by atoms with E-state index in [1.807, 2.05) is 0 Å². The summed E-state index contributed by atoms with van der Waals surface area (Å²) in [4.78, 5) is 0. The van der Waals surface area contributed by atoms with Crippen LogP contribution in [-0.2, 0) is 4.74 Å². The molecular weight excluding hydrogens is 199 g/mol. The quantitative estimate of drug-likeness (QED) is 0.815. The number of aliphatic hydroxyl groups is 1. The van der Waals surface area contributed by atoms with Crippen LogP contribution in [-0.4, -0.2) is 31.5 Å². The lowest BCUT2D eigenvalue weighted by molar-refractivity contribution is -0.153. The van der Waals surface area contributed by atoms with E-state index < -0.39 is 0 Å². The molecule has 0 aliphatic carbocycles. The molecule has 0 unspecified atom stereocenters. The lowest BCUT2D eigenvalue weighted by Gasteiger charge is -2.39. The summed E-state index contributed by atoms with van der Waals surface area (Å²) in [5, 5.41) is 9.13. The van der Waals surface area contributed by atoms with Gasteiger partial charge in [0.25, 0.3) is 0 Å². The standard InChI is InChI=1S/C11H13FO3/c12-9-3-1-2-4-10(9)15-8-11(5-13)6-14-7-11/h1-4,13H,5-8H2. The van der Waals surface area contributed by atoms with E-state index in [9.17, 15) is 4.39 Å². The average molecular weight is 212 g/mol. The largest absolute Gasteiger partial charge is 0.490 e. The average Bonchev–Trinajstić information content (AvgIpc) is 2.19. The molecule has 0 aromatic heterocycles. The van der Waals surface area contributed by atoms with Gasteiger partial charge < -0.3 is 14.6 Å². The molecular formula is C11H13FO3. The number of ether oxygens (including phenoxy) is 2. The molecule has 1 aromatic rings. The smallest absolute Gasteiger partial charge is 0.165 e. The minimum atomic E-state index is -0.383. The fourth-order valence-corrected chi connectivity index (χ4v) is 1.40. The molecule has 0 bridgehead atoms. The van der Waals surface area contributed by atoms with Crippen LogP contribution in [0.25, 0.3) is 0 Å². The summed E-state index contributed by atoms with van der Waals surface area (Å²) >= 11 is 0. The molecule has 0 saturated carbocycles. The van der Waals surface area contributed by atoms with E-state index >= 15 is 0 Å². The van der Waals surface area contributed by atoms with E-state index in [1.54, 1.807) is 18.2 Å². The minimum Gasteiger partial charge on any atom is -0.490 e. The third-order valence-corrected chi connectivity index (χ3v) is 2.52. The maximum Gasteiger partial charge on any atom is 0.165 e. The highest BCUT2D eigenvalue weighted by atomic mass is 19.1. The highest BCUT2D eigenvalue weighted by Gasteiger charge is 2.39. The second-order valence-corrected chi connectivity index (χ2v) is 3.87. The highest BCUT2D eigenvalue weighted by Crippen LogP contribution is 2.28. The Hall–Kier alpha value is -1.13. The molecule has 0 amide bonds. The number of para-hydroxylation sites is 1. The molecule has 1 aliphatic heterocycles. The van der Waals surface area contributed by atoms with Gasteiger partial charge in [0.1, 0.15) is 6.61 Å². The molecule has 0 atom stereocenters. The van der Waals surface area contributed by atoms with E-state index in [2.05, 4.69) is 0 Å². The first-order valence-electron chi connectivity index (χ1n) is 4.82. The van der Waals surface area contributed by atoms with Crippen molar-refractivity contribution in [3.63, 3.8) is 0 Å². The predicted molar refractivity (Wildman–Crippen MR) is 52.2 cm³/mol. The van der Waals surface area contributed by atoms with Gasteiger partial charge in [0, 0.05) is 0 Å². The number of hydrogen-bond donors (Lipinski definition) is 1. The van der Waals surface area contributed by atoms with Gasteiger partial charge in [-0.05, 0) is 12.1 Å². The zero-order valence-electron chi connectivity index (χ0n) is 8.28. The minimum absolute atomic E-state index is 0.00144. The summed E-state index contributed by atoms with van der Waals surface area (Å²) in [7, 11) is 0. The van der Waals surface area contributed by atoms with Crippen molar-refractivity contribution in [3.05, 3.63) is 30.1 Å². The predicted octanol–water partition coefficient (Wildman–Crippen LogP) is 1.21. The van der Waals surface area contributed by atoms with Crippen molar-refractivity contribution >= 4 is 0 Å². The van der Waals surface area contributed by atoms with Crippen LogP contribution in [0, 0.1) is 11.2 Å². The van der Waals surface area contributed by atoms with Crippen molar-refractivity contribution in [1.82, 2.24) is 0 Å². The van der Waals surface area contributed by atoms with Gasteiger partial charge in [-0.2, -0.15) is 0 Å². The Bertz CT molecular complexity index is 331. The molecule has 2 rings (SSSR count). The van der Waals surface area contributed by atoms with E-state index in [0.29, 0.717) is 13.2 Å². The summed E-state index contributed by atoms with van der Waals surface area (Å²) in [6, 6.07) is 6.23. The van der Waals surface area contributed by atoms with E-state index in [1.165, 1.54) is 6.07 Å². The van der Waals surface area contributed by atoms with Crippen molar-refractivity contribution in [2.24, 2.45) is 5.41 Å². The van der Waals surface area contributed by atoms with E-state index in [0.717, 1.165) is 0 Å². The van der Waals surface area contributed by atoms with Crippen LogP contribution in [0.4, 0.5) is 4.39 Å². The SMILES string of the molecule is OCC1(COc2ccccc2F)COC1. The Morgan fingerprint density at radius 3 is 2.67 bits per heavy atom. The Kier molecular flexibility index (Phi) is 2.88. The van der Waals surface area contributed by atoms with Crippen LogP contribution in [0.1, 0.15) is 0 Å². The molecule has 15 heavy (non-hydrogen) atoms. The van der Waals surface area contributed by atoms with Crippen LogP contribution < -0.4 is 4.74 Å². The number of aliphatic hydroxyl groups excluding tert-OH is 1. The van der Waals surface area contributed by atoms with Crippen LogP contribution in [0.15, 0.2) is 24.3 Å². The van der Waals surface area contributed by atoms with Gasteiger partial charge in [0.2, 0.25) is 0 Å². The lowest BCUT2D eigenvalue weighted by Crippen LogP contribution is -2.49. The van der Waals surface area contributed by atoms with Crippen LogP contribution in [0.3, 0.4) is 0 Å². The topological polar surface area (TPSA) is 38.7 Å². The fraction of sp³-hybridized carbons (Fsp3) is 0.455. The van der Waals surface area contributed by atoms with Crippen LogP contribution >= 0.6 is 0 Å². The summed E-state index contributed by atoms with van der Waals surface area (Å²) < 4.78 is 23.5. The number of rotatable bonds is 4. The van der Waals surface area contributed by atoms with Gasteiger partial charge in [-0.3, -0.25) is 0 Å². The second-order valence-electron chi connectivity index (χ2n) is 3.87. The van der Waals surface area contributed by atoms with Gasteiger partial charge in [-0.15, -0.1) is 0 Å². The van der Waals surface area contributed by atoms with E-state index in [-0.39, 0.29) is 30.2 Å². The molecule has 82 valence electrons. The zero-order chi connectivity index (χ0) is 10.7. The van der Waals surface area contributed by atoms with Crippen molar-refractivity contribution in [1.29, 1.82) is 0 Å². The Labute approximate surface area is 87.4 Å². The first-order chi connectivity index (χ1) is 7.26. The Balaban J connectivity index is 1.95. The molecule has 0 radical (unpaired) electrons. The third kappa shape index (κ3) is 2.11. The van der Waals surface area contributed by atoms with Gasteiger partial charge in [0.05, 0.1) is 25.2 Å². The molecule has 3 nitrogen and oxygen atoms in total. The van der Waals surface area contributed by atoms with Crippen molar-refractivity contribution in [2.75, 3.05) is 26.4 Å². The maximum atomic E-state index is 13.2. The molecule has 1 N–H and O–H groups in total. The maximum absolute atomic E-state index is 13.2. The van der Waals surface area contributed by atoms with Crippen molar-refractivity contribution in [3.8, 4) is 5.75 Å². The number of halogens is 1. The zero-order valence-corrected chi connectivity index (χ0v) is 8.28. The Morgan fingerprint density at radius 2 is 2.13 bits per heavy atom. The fourth-order valence-electron chi connectivity index (χ4n) is 1.40. The highest BCUT2D eigenvalue weighted by molar-refractivity contribution is 5.23. The summed E-state index contributed by atoms with van der Waals surface area (Å²) in [5.41, 5.74) is -0.345. The summed E-state index contributed by atoms with van der Waals surface area (Å²) in [6.45, 7) is 1.22. The molecule has 0 spiro atoms. The molecule has 4 heteroatoms. The number of hydrogen-bond acceptors (Lipinski definition) is 3. The summed E-state index contributed by atoms with van der Waals surface area (Å²) in [5.74, 6) is -0.164. The first kappa shape index (κ1) is 10.4. The first-order valence-corrected chi connectivity index (χ1v) is 4.82. The van der Waals surface area contributed by atoms with Gasteiger partial charge in [0.15, 0.2) is 11.6 Å². The third-order valence-electron chi connectivity index (χ3n) is 2.52. The van der Waals surface area contributed by atoms with Crippen molar-refractivity contribution < 1.29 is 19.0 Å². The number of benzene rings is 1. The lowest BCUT2D eigenvalue weighted by atomic mass is 9.88. The van der Waals surface area contributed by atoms with Gasteiger partial charge in [-0.25, -0.2) is 4.39 Å². The van der Waals surface area contributed by atoms with Crippen molar-refractivity contribution in [2.45, 2.75) is 0 Å². The van der Waals surface area contributed by atoms with E-state index in [4.69, 9.17) is 14.6 Å². The van der Waals surface area contributed by atoms with Gasteiger partial charge in [-0.1, -0.05) is 12.1 Å². The molecule has 1 aromatic carbocycles. The molecule has 1 heterocycles. The van der Waals surface area contributed by atoms with Crippen LogP contribution in [0.5, 0.6) is 5.75 Å². The monoisotopic (exact) mass is 212 g/mol. The molecule has 1 aliphatic rings. The molecule has 1 fully saturated rings. The second kappa shape index (κ2) is 4.16. The normalized spacial score (nSPS) is 18.3. The Morgan fingerprint density at radius 1 is 1.40 bits per heavy atom. The van der Waals surface area contributed by atoms with Crippen LogP contribution in [0.2, 0.25) is 0 Å². The summed E-state index contributed by atoms with van der Waals surface area (Å²) in [6.07, 6.45) is 0. The van der Waals surface area contributed by atoms with Gasteiger partial charge >= 0.3 is 0 Å².